The molecule has 0 radical (unpaired) electrons. The van der Waals surface area contributed by atoms with Gasteiger partial charge in [0.1, 0.15) is 11.0 Å². The molecule has 0 spiro atoms. The summed E-state index contributed by atoms with van der Waals surface area (Å²) in [5, 5.41) is 3.53. The Morgan fingerprint density at radius 1 is 1.19 bits per heavy atom. The predicted molar refractivity (Wildman–Crippen MR) is 132 cm³/mol. The molecule has 1 amide bonds. The lowest BCUT2D eigenvalue weighted by atomic mass is 10.1. The third-order valence-electron chi connectivity index (χ3n) is 5.38. The minimum atomic E-state index is -0.123. The lowest BCUT2D eigenvalue weighted by Gasteiger charge is -2.12. The van der Waals surface area contributed by atoms with Crippen molar-refractivity contribution in [1.82, 2.24) is 14.5 Å². The number of carbonyl (C=O) groups excluding carboxylic acids is 1. The largest absolute Gasteiger partial charge is 0.355 e. The zero-order valence-electron chi connectivity index (χ0n) is 17.5. The van der Waals surface area contributed by atoms with Crippen LogP contribution < -0.4 is 10.9 Å². The molecule has 1 fully saturated rings. The molecule has 162 valence electrons. The van der Waals surface area contributed by atoms with Crippen LogP contribution >= 0.6 is 23.5 Å². The van der Waals surface area contributed by atoms with E-state index in [0.29, 0.717) is 16.2 Å². The number of thioether (sulfide) groups is 2. The highest BCUT2D eigenvalue weighted by atomic mass is 32.2. The number of aromatic amines is 1. The molecule has 0 saturated heterocycles. The maximum Gasteiger partial charge on any atom is 0.278 e. The number of fused-ring (bicyclic) bond motifs is 1. The second kappa shape index (κ2) is 8.88. The highest BCUT2D eigenvalue weighted by Gasteiger charge is 2.29. The van der Waals surface area contributed by atoms with Gasteiger partial charge in [-0.2, -0.15) is 0 Å². The van der Waals surface area contributed by atoms with E-state index in [1.54, 1.807) is 16.3 Å². The molecule has 1 aliphatic rings. The highest BCUT2D eigenvalue weighted by molar-refractivity contribution is 7.99. The summed E-state index contributed by atoms with van der Waals surface area (Å²) in [5.41, 5.74) is 3.74. The van der Waals surface area contributed by atoms with Crippen LogP contribution in [0.5, 0.6) is 0 Å². The number of H-pyrrole nitrogens is 1. The Kier molecular flexibility index (Phi) is 5.80. The van der Waals surface area contributed by atoms with Gasteiger partial charge in [-0.05, 0) is 42.9 Å². The number of nitrogens with zero attached hydrogens (tertiary/aromatic N) is 2. The SMILES string of the molecule is CSc1cccc(NC(=O)CSc2nc3c(-c4ccccc4)c[nH]c3c(=O)n2C2CC2)c1. The number of carbonyl (C=O) groups is 1. The van der Waals surface area contributed by atoms with Gasteiger partial charge in [0.05, 0.1) is 5.75 Å². The van der Waals surface area contributed by atoms with Crippen molar-refractivity contribution in [2.75, 3.05) is 17.3 Å². The van der Waals surface area contributed by atoms with E-state index in [1.807, 2.05) is 67.0 Å². The minimum absolute atomic E-state index is 0.0738. The molecule has 4 aromatic rings. The summed E-state index contributed by atoms with van der Waals surface area (Å²) in [7, 11) is 0. The molecule has 2 aromatic carbocycles. The zero-order valence-corrected chi connectivity index (χ0v) is 19.1. The molecule has 2 heterocycles. The number of hydrogen-bond donors (Lipinski definition) is 2. The Bertz CT molecular complexity index is 1340. The Hall–Kier alpha value is -2.97. The summed E-state index contributed by atoms with van der Waals surface area (Å²) in [4.78, 5) is 34.9. The Balaban J connectivity index is 1.44. The first-order valence-corrected chi connectivity index (χ1v) is 12.6. The molecule has 2 aromatic heterocycles. The number of aromatic nitrogens is 3. The lowest BCUT2D eigenvalue weighted by Crippen LogP contribution is -2.23. The number of rotatable bonds is 7. The number of amides is 1. The van der Waals surface area contributed by atoms with Crippen LogP contribution in [0.3, 0.4) is 0 Å². The molecule has 5 rings (SSSR count). The normalized spacial score (nSPS) is 13.4. The van der Waals surface area contributed by atoms with Crippen molar-refractivity contribution in [1.29, 1.82) is 0 Å². The first-order valence-electron chi connectivity index (χ1n) is 10.4. The first kappa shape index (κ1) is 20.9. The number of anilines is 1. The average Bonchev–Trinajstić information content (AvgIpc) is 3.56. The second-order valence-corrected chi connectivity index (χ2v) is 9.48. The predicted octanol–water partition coefficient (Wildman–Crippen LogP) is 5.18. The number of nitrogens with one attached hydrogen (secondary N) is 2. The van der Waals surface area contributed by atoms with Crippen LogP contribution in [0.4, 0.5) is 5.69 Å². The van der Waals surface area contributed by atoms with Gasteiger partial charge < -0.3 is 10.3 Å². The molecule has 0 atom stereocenters. The van der Waals surface area contributed by atoms with E-state index in [-0.39, 0.29) is 23.3 Å². The Morgan fingerprint density at radius 3 is 2.75 bits per heavy atom. The smallest absolute Gasteiger partial charge is 0.278 e. The highest BCUT2D eigenvalue weighted by Crippen LogP contribution is 2.37. The molecule has 0 bridgehead atoms. The molecular formula is C24H22N4O2S2. The van der Waals surface area contributed by atoms with Gasteiger partial charge in [-0.1, -0.05) is 48.2 Å². The van der Waals surface area contributed by atoms with Gasteiger partial charge in [-0.15, -0.1) is 11.8 Å². The average molecular weight is 463 g/mol. The molecule has 8 heteroatoms. The third kappa shape index (κ3) is 4.20. The number of benzene rings is 2. The fourth-order valence-electron chi connectivity index (χ4n) is 3.67. The molecule has 0 aliphatic heterocycles. The maximum atomic E-state index is 13.3. The van der Waals surface area contributed by atoms with Crippen molar-refractivity contribution in [2.45, 2.75) is 28.9 Å². The van der Waals surface area contributed by atoms with Crippen LogP contribution in [0.2, 0.25) is 0 Å². The standard InChI is InChI=1S/C24H22N4O2S2/c1-31-18-9-5-8-16(12-18)26-20(29)14-32-24-27-21-19(15-6-3-2-4-7-15)13-25-22(21)23(30)28(24)17-10-11-17/h2-9,12-13,17,25H,10-11,14H2,1H3,(H,26,29). The van der Waals surface area contributed by atoms with Crippen LogP contribution in [-0.4, -0.2) is 32.5 Å². The van der Waals surface area contributed by atoms with E-state index in [2.05, 4.69) is 10.3 Å². The molecular weight excluding hydrogens is 440 g/mol. The topological polar surface area (TPSA) is 79.8 Å². The zero-order chi connectivity index (χ0) is 22.1. The molecule has 1 aliphatic carbocycles. The summed E-state index contributed by atoms with van der Waals surface area (Å²) < 4.78 is 1.75. The molecule has 1 saturated carbocycles. The molecule has 32 heavy (non-hydrogen) atoms. The van der Waals surface area contributed by atoms with Crippen LogP contribution in [0.1, 0.15) is 18.9 Å². The maximum absolute atomic E-state index is 13.3. The van der Waals surface area contributed by atoms with E-state index in [1.165, 1.54) is 11.8 Å². The fourth-order valence-corrected chi connectivity index (χ4v) is 4.99. The fraction of sp³-hybridized carbons (Fsp3) is 0.208. The molecule has 0 unspecified atom stereocenters. The Labute approximate surface area is 193 Å². The second-order valence-electron chi connectivity index (χ2n) is 7.66. The van der Waals surface area contributed by atoms with Crippen LogP contribution in [0.15, 0.2) is 75.6 Å². The van der Waals surface area contributed by atoms with Gasteiger partial charge in [-0.25, -0.2) is 4.98 Å². The minimum Gasteiger partial charge on any atom is -0.355 e. The van der Waals surface area contributed by atoms with Crippen molar-refractivity contribution >= 4 is 46.2 Å². The van der Waals surface area contributed by atoms with Gasteiger partial charge in [-0.3, -0.25) is 14.2 Å². The van der Waals surface area contributed by atoms with Crippen molar-refractivity contribution in [3.05, 3.63) is 71.1 Å². The first-order chi connectivity index (χ1) is 15.6. The molecule has 6 nitrogen and oxygen atoms in total. The number of hydrogen-bond acceptors (Lipinski definition) is 5. The van der Waals surface area contributed by atoms with Crippen LogP contribution in [-0.2, 0) is 4.79 Å². The summed E-state index contributed by atoms with van der Waals surface area (Å²) in [6.45, 7) is 0. The van der Waals surface area contributed by atoms with E-state index in [9.17, 15) is 9.59 Å². The van der Waals surface area contributed by atoms with E-state index in [4.69, 9.17) is 4.98 Å². The van der Waals surface area contributed by atoms with Crippen LogP contribution in [0, 0.1) is 0 Å². The van der Waals surface area contributed by atoms with Gasteiger partial charge in [0.2, 0.25) is 5.91 Å². The third-order valence-corrected chi connectivity index (χ3v) is 7.06. The van der Waals surface area contributed by atoms with Gasteiger partial charge in [0.15, 0.2) is 5.16 Å². The van der Waals surface area contributed by atoms with Crippen LogP contribution in [0.25, 0.3) is 22.2 Å². The van der Waals surface area contributed by atoms with Gasteiger partial charge >= 0.3 is 0 Å². The lowest BCUT2D eigenvalue weighted by molar-refractivity contribution is -0.113. The summed E-state index contributed by atoms with van der Waals surface area (Å²) >= 11 is 2.94. The molecule has 2 N–H and O–H groups in total. The van der Waals surface area contributed by atoms with Gasteiger partial charge in [0, 0.05) is 28.4 Å². The van der Waals surface area contributed by atoms with E-state index < -0.39 is 0 Å². The summed E-state index contributed by atoms with van der Waals surface area (Å²) in [5.74, 6) is 0.0569. The van der Waals surface area contributed by atoms with Crippen molar-refractivity contribution < 1.29 is 4.79 Å². The van der Waals surface area contributed by atoms with Gasteiger partial charge in [0.25, 0.3) is 5.56 Å². The van der Waals surface area contributed by atoms with Crippen molar-refractivity contribution in [2.24, 2.45) is 0 Å². The summed E-state index contributed by atoms with van der Waals surface area (Å²) in [6, 6.07) is 17.8. The van der Waals surface area contributed by atoms with E-state index in [0.717, 1.165) is 34.6 Å². The Morgan fingerprint density at radius 2 is 2.00 bits per heavy atom. The van der Waals surface area contributed by atoms with E-state index >= 15 is 0 Å². The van der Waals surface area contributed by atoms with Crippen molar-refractivity contribution in [3.8, 4) is 11.1 Å². The quantitative estimate of drug-likeness (QED) is 0.292. The van der Waals surface area contributed by atoms with Crippen molar-refractivity contribution in [3.63, 3.8) is 0 Å². The summed E-state index contributed by atoms with van der Waals surface area (Å²) in [6.07, 6.45) is 5.76. The monoisotopic (exact) mass is 462 g/mol.